The highest BCUT2D eigenvalue weighted by molar-refractivity contribution is 6.30. The molecule has 1 aromatic carbocycles. The molecule has 0 aliphatic carbocycles. The monoisotopic (exact) mass is 351 g/mol. The fraction of sp³-hybridized carbons (Fsp3) is 0.294. The van der Waals surface area contributed by atoms with E-state index in [1.54, 1.807) is 42.7 Å². The van der Waals surface area contributed by atoms with E-state index >= 15 is 0 Å². The van der Waals surface area contributed by atoms with Crippen molar-refractivity contribution in [1.82, 2.24) is 5.32 Å². The predicted molar refractivity (Wildman–Crippen MR) is 87.9 cm³/mol. The van der Waals surface area contributed by atoms with E-state index in [0.717, 1.165) is 0 Å². The van der Waals surface area contributed by atoms with Gasteiger partial charge in [-0.2, -0.15) is 0 Å². The Morgan fingerprint density at radius 3 is 2.67 bits per heavy atom. The van der Waals surface area contributed by atoms with Crippen molar-refractivity contribution in [3.8, 4) is 5.75 Å². The molecule has 1 heterocycles. The summed E-state index contributed by atoms with van der Waals surface area (Å²) >= 11 is 5.77. The van der Waals surface area contributed by atoms with Crippen LogP contribution in [0.3, 0.4) is 0 Å². The van der Waals surface area contributed by atoms with Gasteiger partial charge in [-0.05, 0) is 36.4 Å². The molecule has 24 heavy (non-hydrogen) atoms. The molecule has 0 radical (unpaired) electrons. The van der Waals surface area contributed by atoms with Crippen LogP contribution in [0.2, 0.25) is 5.02 Å². The lowest BCUT2D eigenvalue weighted by molar-refractivity contribution is -0.148. The van der Waals surface area contributed by atoms with Crippen molar-refractivity contribution < 1.29 is 23.5 Å². The fourth-order valence-corrected chi connectivity index (χ4v) is 1.97. The minimum Gasteiger partial charge on any atom is -0.492 e. The summed E-state index contributed by atoms with van der Waals surface area (Å²) in [4.78, 5) is 23.1. The average molecular weight is 352 g/mol. The van der Waals surface area contributed by atoms with Crippen LogP contribution in [0.4, 0.5) is 0 Å². The van der Waals surface area contributed by atoms with Crippen LogP contribution in [0.5, 0.6) is 5.75 Å². The van der Waals surface area contributed by atoms with Gasteiger partial charge < -0.3 is 19.2 Å². The van der Waals surface area contributed by atoms with Crippen molar-refractivity contribution in [2.75, 3.05) is 19.8 Å². The van der Waals surface area contributed by atoms with Crippen LogP contribution in [0.25, 0.3) is 0 Å². The third-order valence-electron chi connectivity index (χ3n) is 3.03. The summed E-state index contributed by atoms with van der Waals surface area (Å²) in [5.74, 6) is 0.550. The number of esters is 1. The van der Waals surface area contributed by atoms with Crippen LogP contribution in [-0.4, -0.2) is 31.6 Å². The van der Waals surface area contributed by atoms with Gasteiger partial charge in [0.15, 0.2) is 6.61 Å². The van der Waals surface area contributed by atoms with Gasteiger partial charge in [-0.1, -0.05) is 11.6 Å². The molecule has 128 valence electrons. The Hall–Kier alpha value is -2.47. The molecule has 0 saturated carbocycles. The number of amides is 1. The van der Waals surface area contributed by atoms with Gasteiger partial charge in [0.25, 0.3) is 5.91 Å². The number of rotatable bonds is 9. The number of ether oxygens (including phenoxy) is 2. The molecule has 1 aromatic heterocycles. The third kappa shape index (κ3) is 6.75. The molecule has 6 nitrogen and oxygen atoms in total. The first kappa shape index (κ1) is 17.9. The van der Waals surface area contributed by atoms with Gasteiger partial charge in [0, 0.05) is 11.4 Å². The van der Waals surface area contributed by atoms with E-state index < -0.39 is 5.97 Å². The number of halogens is 1. The van der Waals surface area contributed by atoms with Crippen LogP contribution in [0.15, 0.2) is 47.1 Å². The van der Waals surface area contributed by atoms with Crippen molar-refractivity contribution in [1.29, 1.82) is 0 Å². The maximum absolute atomic E-state index is 11.6. The topological polar surface area (TPSA) is 77.8 Å². The van der Waals surface area contributed by atoms with Crippen LogP contribution >= 0.6 is 11.6 Å². The number of hydrogen-bond donors (Lipinski definition) is 1. The summed E-state index contributed by atoms with van der Waals surface area (Å²) in [6.45, 7) is 0.309. The zero-order valence-corrected chi connectivity index (χ0v) is 13.8. The van der Waals surface area contributed by atoms with E-state index in [-0.39, 0.29) is 18.9 Å². The number of carbonyl (C=O) groups is 2. The number of aryl methyl sites for hydroxylation is 1. The lowest BCUT2D eigenvalue weighted by Gasteiger charge is -2.08. The Bertz CT molecular complexity index is 640. The van der Waals surface area contributed by atoms with Crippen molar-refractivity contribution >= 4 is 23.5 Å². The number of furan rings is 1. The molecule has 0 spiro atoms. The van der Waals surface area contributed by atoms with Gasteiger partial charge in [0.2, 0.25) is 0 Å². The quantitative estimate of drug-likeness (QED) is 0.555. The molecule has 2 rings (SSSR count). The first-order valence-electron chi connectivity index (χ1n) is 7.46. The zero-order valence-electron chi connectivity index (χ0n) is 13.0. The van der Waals surface area contributed by atoms with E-state index in [1.165, 1.54) is 0 Å². The summed E-state index contributed by atoms with van der Waals surface area (Å²) in [7, 11) is 0. The Morgan fingerprint density at radius 1 is 1.17 bits per heavy atom. The minimum absolute atomic E-state index is 0.167. The van der Waals surface area contributed by atoms with E-state index in [4.69, 9.17) is 25.5 Å². The Morgan fingerprint density at radius 2 is 1.96 bits per heavy atom. The Balaban J connectivity index is 1.53. The first-order valence-corrected chi connectivity index (χ1v) is 7.84. The van der Waals surface area contributed by atoms with Crippen molar-refractivity contribution in [3.05, 3.63) is 53.4 Å². The lowest BCUT2D eigenvalue weighted by Crippen LogP contribution is -2.32. The lowest BCUT2D eigenvalue weighted by atomic mass is 10.2. The molecule has 0 fully saturated rings. The molecule has 0 bridgehead atoms. The smallest absolute Gasteiger partial charge is 0.306 e. The summed E-state index contributed by atoms with van der Waals surface area (Å²) in [5.41, 5.74) is 0. The highest BCUT2D eigenvalue weighted by atomic mass is 35.5. The maximum Gasteiger partial charge on any atom is 0.306 e. The SMILES string of the molecule is O=C(COC(=O)CCc1ccco1)NCCOc1ccc(Cl)cc1. The van der Waals surface area contributed by atoms with Gasteiger partial charge in [-0.15, -0.1) is 0 Å². The normalized spacial score (nSPS) is 10.2. The molecule has 0 saturated heterocycles. The van der Waals surface area contributed by atoms with Gasteiger partial charge >= 0.3 is 5.97 Å². The second-order valence-electron chi connectivity index (χ2n) is 4.89. The van der Waals surface area contributed by atoms with Crippen molar-refractivity contribution in [3.63, 3.8) is 0 Å². The summed E-state index contributed by atoms with van der Waals surface area (Å²) in [6, 6.07) is 10.5. The Kier molecular flexibility index (Phi) is 7.17. The summed E-state index contributed by atoms with van der Waals surface area (Å²) in [5, 5.41) is 3.23. The second-order valence-corrected chi connectivity index (χ2v) is 5.33. The number of nitrogens with one attached hydrogen (secondary N) is 1. The van der Waals surface area contributed by atoms with E-state index in [9.17, 15) is 9.59 Å². The molecule has 0 aliphatic rings. The number of carbonyl (C=O) groups excluding carboxylic acids is 2. The molecule has 0 atom stereocenters. The standard InChI is InChI=1S/C17H18ClNO5/c18-13-3-5-15(6-4-13)23-11-9-19-16(20)12-24-17(21)8-7-14-2-1-10-22-14/h1-6,10H,7-9,11-12H2,(H,19,20). The van der Waals surface area contributed by atoms with E-state index in [0.29, 0.717) is 36.1 Å². The third-order valence-corrected chi connectivity index (χ3v) is 3.28. The molecular weight excluding hydrogens is 334 g/mol. The molecular formula is C17H18ClNO5. The highest BCUT2D eigenvalue weighted by Crippen LogP contribution is 2.15. The first-order chi connectivity index (χ1) is 11.6. The summed E-state index contributed by atoms with van der Waals surface area (Å²) in [6.07, 6.45) is 2.16. The molecule has 0 aliphatic heterocycles. The molecule has 0 unspecified atom stereocenters. The number of benzene rings is 1. The van der Waals surface area contributed by atoms with Gasteiger partial charge in [-0.25, -0.2) is 0 Å². The number of hydrogen-bond acceptors (Lipinski definition) is 5. The minimum atomic E-state index is -0.445. The maximum atomic E-state index is 11.6. The van der Waals surface area contributed by atoms with Crippen LogP contribution in [0, 0.1) is 0 Å². The fourth-order valence-electron chi connectivity index (χ4n) is 1.84. The van der Waals surface area contributed by atoms with E-state index in [2.05, 4.69) is 5.32 Å². The van der Waals surface area contributed by atoms with E-state index in [1.807, 2.05) is 0 Å². The largest absolute Gasteiger partial charge is 0.492 e. The van der Waals surface area contributed by atoms with Gasteiger partial charge in [0.1, 0.15) is 18.1 Å². The van der Waals surface area contributed by atoms with Crippen molar-refractivity contribution in [2.24, 2.45) is 0 Å². The van der Waals surface area contributed by atoms with Crippen molar-refractivity contribution in [2.45, 2.75) is 12.8 Å². The predicted octanol–water partition coefficient (Wildman–Crippen LogP) is 2.60. The highest BCUT2D eigenvalue weighted by Gasteiger charge is 2.08. The van der Waals surface area contributed by atoms with Crippen LogP contribution in [0.1, 0.15) is 12.2 Å². The summed E-state index contributed by atoms with van der Waals surface area (Å²) < 4.78 is 15.4. The molecule has 2 aromatic rings. The van der Waals surface area contributed by atoms with Gasteiger partial charge in [0.05, 0.1) is 19.2 Å². The van der Waals surface area contributed by atoms with Crippen LogP contribution in [-0.2, 0) is 20.7 Å². The van der Waals surface area contributed by atoms with Crippen LogP contribution < -0.4 is 10.1 Å². The second kappa shape index (κ2) is 9.62. The van der Waals surface area contributed by atoms with Gasteiger partial charge in [-0.3, -0.25) is 9.59 Å². The zero-order chi connectivity index (χ0) is 17.2. The molecule has 7 heteroatoms. The molecule has 1 amide bonds. The Labute approximate surface area is 144 Å². The molecule has 1 N–H and O–H groups in total. The average Bonchev–Trinajstić information content (AvgIpc) is 3.10.